The molecule has 18 heavy (non-hydrogen) atoms. The van der Waals surface area contributed by atoms with Gasteiger partial charge in [-0.25, -0.2) is 5.48 Å². The average molecular weight is 315 g/mol. The third-order valence-electron chi connectivity index (χ3n) is 2.66. The number of carbonyl (C=O) groups excluding carboxylic acids is 1. The van der Waals surface area contributed by atoms with Crippen molar-refractivity contribution in [2.24, 2.45) is 0 Å². The van der Waals surface area contributed by atoms with Gasteiger partial charge in [0.15, 0.2) is 0 Å². The molecule has 0 saturated heterocycles. The third-order valence-corrected chi connectivity index (χ3v) is 3.11. The molecule has 0 spiro atoms. The molecule has 0 fully saturated rings. The van der Waals surface area contributed by atoms with Crippen LogP contribution in [0.1, 0.15) is 31.7 Å². The minimum atomic E-state index is -0.413. The Labute approximate surface area is 116 Å². The second-order valence-electron chi connectivity index (χ2n) is 4.33. The fourth-order valence-corrected chi connectivity index (χ4v) is 2.38. The molecule has 5 heteroatoms. The van der Waals surface area contributed by atoms with E-state index in [0.29, 0.717) is 6.42 Å². The SMILES string of the molecule is CCCCC(Nc1cc(C)cc(Br)c1)C(=O)NO. The van der Waals surface area contributed by atoms with E-state index in [9.17, 15) is 4.79 Å². The number of anilines is 1. The highest BCUT2D eigenvalue weighted by Crippen LogP contribution is 2.20. The molecule has 1 amide bonds. The maximum absolute atomic E-state index is 11.6. The van der Waals surface area contributed by atoms with Crippen LogP contribution in [-0.2, 0) is 4.79 Å². The summed E-state index contributed by atoms with van der Waals surface area (Å²) in [5.41, 5.74) is 3.68. The van der Waals surface area contributed by atoms with Crippen LogP contribution in [0.3, 0.4) is 0 Å². The van der Waals surface area contributed by atoms with Crippen LogP contribution in [-0.4, -0.2) is 17.2 Å². The topological polar surface area (TPSA) is 61.4 Å². The first-order valence-corrected chi connectivity index (χ1v) is 6.83. The number of hydroxylamine groups is 1. The summed E-state index contributed by atoms with van der Waals surface area (Å²) in [5.74, 6) is -0.402. The Balaban J connectivity index is 2.78. The van der Waals surface area contributed by atoms with Crippen LogP contribution in [0, 0.1) is 6.92 Å². The van der Waals surface area contributed by atoms with Gasteiger partial charge in [0, 0.05) is 10.2 Å². The monoisotopic (exact) mass is 314 g/mol. The summed E-state index contributed by atoms with van der Waals surface area (Å²) < 4.78 is 0.962. The number of rotatable bonds is 6. The van der Waals surface area contributed by atoms with Gasteiger partial charge in [-0.05, 0) is 37.1 Å². The molecule has 3 N–H and O–H groups in total. The maximum atomic E-state index is 11.6. The van der Waals surface area contributed by atoms with E-state index in [1.807, 2.05) is 25.1 Å². The number of carbonyl (C=O) groups is 1. The van der Waals surface area contributed by atoms with E-state index in [-0.39, 0.29) is 0 Å². The van der Waals surface area contributed by atoms with Crippen LogP contribution in [0.2, 0.25) is 0 Å². The molecule has 0 aromatic heterocycles. The molecule has 0 aliphatic heterocycles. The summed E-state index contributed by atoms with van der Waals surface area (Å²) in [6.07, 6.45) is 2.63. The van der Waals surface area contributed by atoms with Gasteiger partial charge in [-0.1, -0.05) is 35.7 Å². The molecule has 0 heterocycles. The summed E-state index contributed by atoms with van der Waals surface area (Å²) in [5, 5.41) is 11.9. The van der Waals surface area contributed by atoms with Crippen molar-refractivity contribution in [3.63, 3.8) is 0 Å². The Hall–Kier alpha value is -1.07. The zero-order valence-electron chi connectivity index (χ0n) is 10.7. The lowest BCUT2D eigenvalue weighted by atomic mass is 10.1. The molecule has 1 aromatic rings. The van der Waals surface area contributed by atoms with Gasteiger partial charge in [0.25, 0.3) is 5.91 Å². The first-order valence-electron chi connectivity index (χ1n) is 6.04. The van der Waals surface area contributed by atoms with Crippen molar-refractivity contribution >= 4 is 27.5 Å². The number of hydrogen-bond donors (Lipinski definition) is 3. The second-order valence-corrected chi connectivity index (χ2v) is 5.25. The van der Waals surface area contributed by atoms with E-state index in [1.54, 1.807) is 5.48 Å². The molecule has 1 unspecified atom stereocenters. The molecular formula is C13H19BrN2O2. The van der Waals surface area contributed by atoms with E-state index in [4.69, 9.17) is 5.21 Å². The fourth-order valence-electron chi connectivity index (χ4n) is 1.78. The van der Waals surface area contributed by atoms with E-state index >= 15 is 0 Å². The molecule has 100 valence electrons. The predicted octanol–water partition coefficient (Wildman–Crippen LogP) is 3.23. The normalized spacial score (nSPS) is 12.0. The minimum Gasteiger partial charge on any atom is -0.374 e. The number of nitrogens with one attached hydrogen (secondary N) is 2. The molecule has 0 bridgehead atoms. The van der Waals surface area contributed by atoms with Gasteiger partial charge in [0.05, 0.1) is 0 Å². The summed E-state index contributed by atoms with van der Waals surface area (Å²) in [6, 6.07) is 5.46. The van der Waals surface area contributed by atoms with Gasteiger partial charge in [-0.3, -0.25) is 10.0 Å². The molecule has 1 rings (SSSR count). The van der Waals surface area contributed by atoms with Gasteiger partial charge < -0.3 is 5.32 Å². The van der Waals surface area contributed by atoms with Crippen molar-refractivity contribution in [1.29, 1.82) is 0 Å². The summed E-state index contributed by atoms with van der Waals surface area (Å²) in [7, 11) is 0. The van der Waals surface area contributed by atoms with Gasteiger partial charge in [-0.15, -0.1) is 0 Å². The van der Waals surface area contributed by atoms with E-state index < -0.39 is 11.9 Å². The number of halogens is 1. The number of benzene rings is 1. The Morgan fingerprint density at radius 3 is 2.72 bits per heavy atom. The van der Waals surface area contributed by atoms with Gasteiger partial charge in [0.1, 0.15) is 6.04 Å². The Kier molecular flexibility index (Phi) is 6.15. The highest BCUT2D eigenvalue weighted by Gasteiger charge is 2.17. The molecule has 0 radical (unpaired) electrons. The first-order chi connectivity index (χ1) is 8.56. The summed E-state index contributed by atoms with van der Waals surface area (Å²) in [4.78, 5) is 11.6. The second kappa shape index (κ2) is 7.38. The molecule has 0 aliphatic rings. The average Bonchev–Trinajstić information content (AvgIpc) is 2.32. The Bertz CT molecular complexity index is 390. The van der Waals surface area contributed by atoms with E-state index in [0.717, 1.165) is 28.6 Å². The Morgan fingerprint density at radius 1 is 1.44 bits per heavy atom. The lowest BCUT2D eigenvalue weighted by Crippen LogP contribution is -2.38. The van der Waals surface area contributed by atoms with Crippen molar-refractivity contribution in [2.75, 3.05) is 5.32 Å². The van der Waals surface area contributed by atoms with Crippen LogP contribution in [0.25, 0.3) is 0 Å². The molecule has 4 nitrogen and oxygen atoms in total. The van der Waals surface area contributed by atoms with Crippen LogP contribution in [0.5, 0.6) is 0 Å². The molecule has 1 aromatic carbocycles. The highest BCUT2D eigenvalue weighted by molar-refractivity contribution is 9.10. The quantitative estimate of drug-likeness (QED) is 0.558. The summed E-state index contributed by atoms with van der Waals surface area (Å²) in [6.45, 7) is 4.06. The highest BCUT2D eigenvalue weighted by atomic mass is 79.9. The van der Waals surface area contributed by atoms with Crippen LogP contribution < -0.4 is 10.8 Å². The van der Waals surface area contributed by atoms with Crippen LogP contribution in [0.4, 0.5) is 5.69 Å². The van der Waals surface area contributed by atoms with Crippen molar-refractivity contribution in [1.82, 2.24) is 5.48 Å². The maximum Gasteiger partial charge on any atom is 0.265 e. The molecule has 0 aliphatic carbocycles. The van der Waals surface area contributed by atoms with Crippen molar-refractivity contribution < 1.29 is 10.0 Å². The minimum absolute atomic E-state index is 0.402. The van der Waals surface area contributed by atoms with Crippen molar-refractivity contribution in [3.8, 4) is 0 Å². The lowest BCUT2D eigenvalue weighted by Gasteiger charge is -2.18. The largest absolute Gasteiger partial charge is 0.374 e. The lowest BCUT2D eigenvalue weighted by molar-refractivity contribution is -0.130. The van der Waals surface area contributed by atoms with E-state index in [1.165, 1.54) is 0 Å². The zero-order chi connectivity index (χ0) is 13.5. The predicted molar refractivity (Wildman–Crippen MR) is 75.7 cm³/mol. The van der Waals surface area contributed by atoms with Crippen LogP contribution in [0.15, 0.2) is 22.7 Å². The molecule has 1 atom stereocenters. The molecular weight excluding hydrogens is 296 g/mol. The fraction of sp³-hybridized carbons (Fsp3) is 0.462. The Morgan fingerprint density at radius 2 is 2.17 bits per heavy atom. The number of hydrogen-bond acceptors (Lipinski definition) is 3. The van der Waals surface area contributed by atoms with Crippen molar-refractivity contribution in [3.05, 3.63) is 28.2 Å². The zero-order valence-corrected chi connectivity index (χ0v) is 12.3. The van der Waals surface area contributed by atoms with Gasteiger partial charge >= 0.3 is 0 Å². The van der Waals surface area contributed by atoms with E-state index in [2.05, 4.69) is 28.2 Å². The number of aryl methyl sites for hydroxylation is 1. The third kappa shape index (κ3) is 4.66. The van der Waals surface area contributed by atoms with Gasteiger partial charge in [0.2, 0.25) is 0 Å². The van der Waals surface area contributed by atoms with Crippen LogP contribution >= 0.6 is 15.9 Å². The summed E-state index contributed by atoms with van der Waals surface area (Å²) >= 11 is 3.42. The van der Waals surface area contributed by atoms with Gasteiger partial charge in [-0.2, -0.15) is 0 Å². The standard InChI is InChI=1S/C13H19BrN2O2/c1-3-4-5-12(13(17)16-18)15-11-7-9(2)6-10(14)8-11/h6-8,12,15,18H,3-5H2,1-2H3,(H,16,17). The number of amides is 1. The van der Waals surface area contributed by atoms with Crippen molar-refractivity contribution in [2.45, 2.75) is 39.2 Å². The molecule has 0 saturated carbocycles. The number of unbranched alkanes of at least 4 members (excludes halogenated alkanes) is 1. The smallest absolute Gasteiger partial charge is 0.265 e. The first kappa shape index (κ1) is 15.0.